The van der Waals surface area contributed by atoms with Crippen LogP contribution in [-0.2, 0) is 25.0 Å². The fourth-order valence-electron chi connectivity index (χ4n) is 6.16. The van der Waals surface area contributed by atoms with Gasteiger partial charge in [-0.15, -0.1) is 0 Å². The molecule has 0 spiro atoms. The number of nitrogens with zero attached hydrogens (tertiary/aromatic N) is 1. The summed E-state index contributed by atoms with van der Waals surface area (Å²) in [5, 5.41) is 2.31. The second kappa shape index (κ2) is 10.8. The van der Waals surface area contributed by atoms with Crippen LogP contribution < -0.4 is 10.9 Å². The van der Waals surface area contributed by atoms with Gasteiger partial charge in [-0.3, -0.25) is 0 Å². The Kier molecular flexibility index (Phi) is 7.65. The molecule has 3 heterocycles. The van der Waals surface area contributed by atoms with E-state index in [1.165, 1.54) is 31.2 Å². The van der Waals surface area contributed by atoms with Crippen LogP contribution in [0.15, 0.2) is 60.7 Å². The topological polar surface area (TPSA) is 41.9 Å². The molecule has 2 fully saturated rings. The molecule has 0 atom stereocenters. The molecule has 2 aliphatic rings. The number of hydrogen-bond donors (Lipinski definition) is 0. The van der Waals surface area contributed by atoms with Gasteiger partial charge < -0.3 is 23.2 Å². The number of rotatable bonds is 8. The molecule has 5 nitrogen and oxygen atoms in total. The van der Waals surface area contributed by atoms with Crippen molar-refractivity contribution >= 4 is 47.0 Å². The van der Waals surface area contributed by atoms with Crippen LogP contribution in [0.5, 0.6) is 0 Å². The maximum absolute atomic E-state index is 6.44. The number of unbranched alkanes of at least 4 members (excludes halogenated alkanes) is 3. The van der Waals surface area contributed by atoms with Gasteiger partial charge in [0.1, 0.15) is 0 Å². The third-order valence-electron chi connectivity index (χ3n) is 10.4. The summed E-state index contributed by atoms with van der Waals surface area (Å²) in [7, 11) is -0.850. The van der Waals surface area contributed by atoms with Crippen molar-refractivity contribution in [1.82, 2.24) is 4.57 Å². The first-order valence-electron chi connectivity index (χ1n) is 16.1. The Morgan fingerprint density at radius 3 is 1.42 bits per heavy atom. The quantitative estimate of drug-likeness (QED) is 0.160. The molecule has 2 saturated heterocycles. The zero-order valence-corrected chi connectivity index (χ0v) is 27.5. The standard InChI is InChI=1S/C36H47B2NO4/c1-10-11-12-13-14-25-15-19-28(20-16-25)39-31-21-17-26(37-40-33(2,3)34(4,5)41-37)23-29(31)30-24-27(18-22-32(30)39)38-42-35(6,7)36(8,9)43-38/h15-24H,10-14H2,1-9H3. The first-order chi connectivity index (χ1) is 20.2. The molecule has 0 bridgehead atoms. The minimum absolute atomic E-state index is 0.400. The van der Waals surface area contributed by atoms with Crippen molar-refractivity contribution in [3.05, 3.63) is 66.2 Å². The lowest BCUT2D eigenvalue weighted by Crippen LogP contribution is -2.41. The van der Waals surface area contributed by atoms with E-state index in [1.54, 1.807) is 0 Å². The highest BCUT2D eigenvalue weighted by molar-refractivity contribution is 6.63. The number of aryl methyl sites for hydroxylation is 1. The van der Waals surface area contributed by atoms with Crippen molar-refractivity contribution in [2.45, 2.75) is 117 Å². The first kappa shape index (κ1) is 30.5. The number of aromatic nitrogens is 1. The van der Waals surface area contributed by atoms with E-state index in [0.29, 0.717) is 0 Å². The van der Waals surface area contributed by atoms with Crippen molar-refractivity contribution in [2.75, 3.05) is 0 Å². The van der Waals surface area contributed by atoms with E-state index in [4.69, 9.17) is 18.6 Å². The van der Waals surface area contributed by atoms with Crippen LogP contribution >= 0.6 is 0 Å². The maximum Gasteiger partial charge on any atom is 0.494 e. The third kappa shape index (κ3) is 5.37. The van der Waals surface area contributed by atoms with Gasteiger partial charge in [-0.2, -0.15) is 0 Å². The van der Waals surface area contributed by atoms with Crippen molar-refractivity contribution in [3.8, 4) is 5.69 Å². The van der Waals surface area contributed by atoms with Gasteiger partial charge in [-0.1, -0.05) is 62.6 Å². The molecule has 3 aromatic carbocycles. The van der Waals surface area contributed by atoms with Gasteiger partial charge in [0.05, 0.1) is 33.4 Å². The van der Waals surface area contributed by atoms with E-state index in [-0.39, 0.29) is 0 Å². The molecule has 226 valence electrons. The molecular weight excluding hydrogens is 532 g/mol. The summed E-state index contributed by atoms with van der Waals surface area (Å²) in [6, 6.07) is 22.3. The van der Waals surface area contributed by atoms with Crippen molar-refractivity contribution in [2.24, 2.45) is 0 Å². The molecule has 6 rings (SSSR count). The molecule has 0 radical (unpaired) electrons. The Morgan fingerprint density at radius 2 is 1.00 bits per heavy atom. The van der Waals surface area contributed by atoms with Crippen LogP contribution in [-0.4, -0.2) is 41.2 Å². The highest BCUT2D eigenvalue weighted by Crippen LogP contribution is 2.39. The summed E-state index contributed by atoms with van der Waals surface area (Å²) in [5.74, 6) is 0. The predicted molar refractivity (Wildman–Crippen MR) is 180 cm³/mol. The predicted octanol–water partition coefficient (Wildman–Crippen LogP) is 7.50. The lowest BCUT2D eigenvalue weighted by atomic mass is 9.77. The molecule has 43 heavy (non-hydrogen) atoms. The van der Waals surface area contributed by atoms with Crippen molar-refractivity contribution in [3.63, 3.8) is 0 Å². The number of hydrogen-bond acceptors (Lipinski definition) is 4. The molecule has 0 unspecified atom stereocenters. The van der Waals surface area contributed by atoms with Gasteiger partial charge in [-0.25, -0.2) is 0 Å². The summed E-state index contributed by atoms with van der Waals surface area (Å²) >= 11 is 0. The van der Waals surface area contributed by atoms with Crippen LogP contribution in [0.3, 0.4) is 0 Å². The van der Waals surface area contributed by atoms with Gasteiger partial charge in [0.15, 0.2) is 0 Å². The lowest BCUT2D eigenvalue weighted by Gasteiger charge is -2.32. The Bertz CT molecular complexity index is 1510. The van der Waals surface area contributed by atoms with Crippen LogP contribution in [0.2, 0.25) is 0 Å². The number of fused-ring (bicyclic) bond motifs is 3. The summed E-state index contributed by atoms with van der Waals surface area (Å²) in [5.41, 5.74) is 5.30. The van der Waals surface area contributed by atoms with E-state index < -0.39 is 36.6 Å². The maximum atomic E-state index is 6.44. The van der Waals surface area contributed by atoms with Gasteiger partial charge in [0.2, 0.25) is 0 Å². The first-order valence-corrected chi connectivity index (χ1v) is 16.1. The molecule has 0 saturated carbocycles. The van der Waals surface area contributed by atoms with Gasteiger partial charge in [0.25, 0.3) is 0 Å². The Labute approximate surface area is 258 Å². The van der Waals surface area contributed by atoms with Gasteiger partial charge in [0, 0.05) is 16.5 Å². The minimum atomic E-state index is -0.425. The molecule has 7 heteroatoms. The molecule has 1 aromatic heterocycles. The second-order valence-corrected chi connectivity index (χ2v) is 14.5. The SMILES string of the molecule is CCCCCCc1ccc(-n2c3ccc(B4OC(C)(C)C(C)(C)O4)cc3c3cc(B4OC(C)(C)C(C)(C)O4)ccc32)cc1. The molecule has 0 amide bonds. The third-order valence-corrected chi connectivity index (χ3v) is 10.4. The van der Waals surface area contributed by atoms with E-state index in [9.17, 15) is 0 Å². The van der Waals surface area contributed by atoms with Crippen LogP contribution in [0, 0.1) is 0 Å². The number of benzene rings is 3. The highest BCUT2D eigenvalue weighted by atomic mass is 16.7. The van der Waals surface area contributed by atoms with E-state index in [2.05, 4.69) is 128 Å². The van der Waals surface area contributed by atoms with Crippen LogP contribution in [0.4, 0.5) is 0 Å². The van der Waals surface area contributed by atoms with Crippen LogP contribution in [0.25, 0.3) is 27.5 Å². The summed E-state index contributed by atoms with van der Waals surface area (Å²) < 4.78 is 28.1. The smallest absolute Gasteiger partial charge is 0.399 e. The molecule has 2 aliphatic heterocycles. The summed E-state index contributed by atoms with van der Waals surface area (Å²) in [6.45, 7) is 19.1. The Morgan fingerprint density at radius 1 is 0.558 bits per heavy atom. The molecular formula is C36H47B2NO4. The Balaban J connectivity index is 1.44. The highest BCUT2D eigenvalue weighted by Gasteiger charge is 2.53. The zero-order chi connectivity index (χ0) is 30.8. The molecule has 4 aromatic rings. The van der Waals surface area contributed by atoms with Crippen LogP contribution in [0.1, 0.15) is 93.6 Å². The normalized spacial score (nSPS) is 20.5. The minimum Gasteiger partial charge on any atom is -0.399 e. The Hall–Kier alpha value is -2.57. The largest absolute Gasteiger partial charge is 0.494 e. The van der Waals surface area contributed by atoms with Crippen molar-refractivity contribution < 1.29 is 18.6 Å². The molecule has 0 aliphatic carbocycles. The average Bonchev–Trinajstić information content (AvgIpc) is 3.47. The zero-order valence-electron chi connectivity index (χ0n) is 27.5. The summed E-state index contributed by atoms with van der Waals surface area (Å²) in [6.07, 6.45) is 6.23. The van der Waals surface area contributed by atoms with E-state index in [0.717, 1.165) is 44.8 Å². The fourth-order valence-corrected chi connectivity index (χ4v) is 6.16. The average molecular weight is 579 g/mol. The second-order valence-electron chi connectivity index (χ2n) is 14.5. The summed E-state index contributed by atoms with van der Waals surface area (Å²) in [4.78, 5) is 0. The fraction of sp³-hybridized carbons (Fsp3) is 0.500. The molecule has 0 N–H and O–H groups in total. The monoisotopic (exact) mass is 579 g/mol. The van der Waals surface area contributed by atoms with E-state index in [1.807, 2.05) is 0 Å². The van der Waals surface area contributed by atoms with Crippen molar-refractivity contribution in [1.29, 1.82) is 0 Å². The van der Waals surface area contributed by atoms with E-state index >= 15 is 0 Å². The van der Waals surface area contributed by atoms with Gasteiger partial charge >= 0.3 is 14.2 Å². The van der Waals surface area contributed by atoms with Gasteiger partial charge in [-0.05, 0) is 109 Å². The lowest BCUT2D eigenvalue weighted by molar-refractivity contribution is 0.00578.